The van der Waals surface area contributed by atoms with Crippen LogP contribution in [0.25, 0.3) is 5.69 Å². The van der Waals surface area contributed by atoms with Gasteiger partial charge in [-0.2, -0.15) is 5.10 Å². The zero-order chi connectivity index (χ0) is 21.1. The Morgan fingerprint density at radius 1 is 1.00 bits per heavy atom. The minimum absolute atomic E-state index is 0.0149. The van der Waals surface area contributed by atoms with Crippen molar-refractivity contribution in [1.82, 2.24) is 24.6 Å². The second kappa shape index (κ2) is 8.44. The summed E-state index contributed by atoms with van der Waals surface area (Å²) in [6, 6.07) is 11.5. The van der Waals surface area contributed by atoms with Gasteiger partial charge in [0.05, 0.1) is 29.6 Å². The predicted octanol–water partition coefficient (Wildman–Crippen LogP) is 2.24. The van der Waals surface area contributed by atoms with Gasteiger partial charge in [0.2, 0.25) is 5.91 Å². The molecule has 1 saturated heterocycles. The molecule has 0 spiro atoms. The van der Waals surface area contributed by atoms with Gasteiger partial charge in [-0.1, -0.05) is 6.07 Å². The SMILES string of the molecule is Cc1c(C(=O)N2CCN(C(=O)Cc3ccccn3)CC2)cnn1-c1ccc(F)cc1. The largest absolute Gasteiger partial charge is 0.339 e. The maximum absolute atomic E-state index is 13.2. The van der Waals surface area contributed by atoms with E-state index in [4.69, 9.17) is 0 Å². The van der Waals surface area contributed by atoms with Gasteiger partial charge >= 0.3 is 0 Å². The highest BCUT2D eigenvalue weighted by molar-refractivity contribution is 5.95. The molecule has 7 nitrogen and oxygen atoms in total. The zero-order valence-electron chi connectivity index (χ0n) is 16.7. The molecule has 1 aromatic carbocycles. The zero-order valence-corrected chi connectivity index (χ0v) is 16.7. The Kier molecular flexibility index (Phi) is 5.56. The number of benzene rings is 1. The molecule has 0 N–H and O–H groups in total. The number of pyridine rings is 1. The summed E-state index contributed by atoms with van der Waals surface area (Å²) < 4.78 is 14.8. The summed E-state index contributed by atoms with van der Waals surface area (Å²) in [5.74, 6) is -0.422. The van der Waals surface area contributed by atoms with Crippen molar-refractivity contribution >= 4 is 11.8 Å². The number of amides is 2. The molecule has 0 aliphatic carbocycles. The highest BCUT2D eigenvalue weighted by Crippen LogP contribution is 2.17. The lowest BCUT2D eigenvalue weighted by molar-refractivity contribution is -0.132. The molecule has 154 valence electrons. The van der Waals surface area contributed by atoms with Gasteiger partial charge in [-0.05, 0) is 43.3 Å². The number of hydrogen-bond donors (Lipinski definition) is 0. The average molecular weight is 407 g/mol. The van der Waals surface area contributed by atoms with E-state index in [1.165, 1.54) is 12.1 Å². The third kappa shape index (κ3) is 4.07. The third-order valence-electron chi connectivity index (χ3n) is 5.29. The van der Waals surface area contributed by atoms with E-state index in [-0.39, 0.29) is 24.1 Å². The first-order chi connectivity index (χ1) is 14.5. The van der Waals surface area contributed by atoms with Crippen LogP contribution in [0.1, 0.15) is 21.7 Å². The van der Waals surface area contributed by atoms with Crippen LogP contribution in [0.3, 0.4) is 0 Å². The maximum atomic E-state index is 13.2. The van der Waals surface area contributed by atoms with Gasteiger partial charge < -0.3 is 9.80 Å². The number of aromatic nitrogens is 3. The summed E-state index contributed by atoms with van der Waals surface area (Å²) in [6.45, 7) is 3.73. The molecule has 3 heterocycles. The van der Waals surface area contributed by atoms with Crippen molar-refractivity contribution in [1.29, 1.82) is 0 Å². The second-order valence-corrected chi connectivity index (χ2v) is 7.20. The van der Waals surface area contributed by atoms with Gasteiger partial charge in [-0.25, -0.2) is 9.07 Å². The Balaban J connectivity index is 1.39. The van der Waals surface area contributed by atoms with Gasteiger partial charge in [0, 0.05) is 38.1 Å². The Hall–Kier alpha value is -3.55. The molecule has 0 bridgehead atoms. The van der Waals surface area contributed by atoms with E-state index in [1.54, 1.807) is 39.0 Å². The summed E-state index contributed by atoms with van der Waals surface area (Å²) in [7, 11) is 0. The third-order valence-corrected chi connectivity index (χ3v) is 5.29. The smallest absolute Gasteiger partial charge is 0.257 e. The summed E-state index contributed by atoms with van der Waals surface area (Å²) in [5.41, 5.74) is 2.63. The van der Waals surface area contributed by atoms with Crippen LogP contribution < -0.4 is 0 Å². The minimum atomic E-state index is -0.324. The lowest BCUT2D eigenvalue weighted by Gasteiger charge is -2.34. The molecule has 4 rings (SSSR count). The molecule has 0 unspecified atom stereocenters. The Bertz CT molecular complexity index is 1040. The summed E-state index contributed by atoms with van der Waals surface area (Å²) >= 11 is 0. The van der Waals surface area contributed by atoms with Crippen molar-refractivity contribution in [3.8, 4) is 5.69 Å². The molecule has 0 radical (unpaired) electrons. The number of nitrogens with zero attached hydrogens (tertiary/aromatic N) is 5. The van der Waals surface area contributed by atoms with Crippen LogP contribution in [0.2, 0.25) is 0 Å². The van der Waals surface area contributed by atoms with E-state index in [2.05, 4.69) is 10.1 Å². The first-order valence-corrected chi connectivity index (χ1v) is 9.80. The van der Waals surface area contributed by atoms with Crippen molar-refractivity contribution in [3.63, 3.8) is 0 Å². The van der Waals surface area contributed by atoms with E-state index in [0.29, 0.717) is 43.1 Å². The fraction of sp³-hybridized carbons (Fsp3) is 0.273. The lowest BCUT2D eigenvalue weighted by Crippen LogP contribution is -2.51. The lowest BCUT2D eigenvalue weighted by atomic mass is 10.2. The van der Waals surface area contributed by atoms with Crippen LogP contribution in [-0.4, -0.2) is 62.6 Å². The van der Waals surface area contributed by atoms with Gasteiger partial charge in [0.15, 0.2) is 0 Å². The number of carbonyl (C=O) groups excluding carboxylic acids is 2. The van der Waals surface area contributed by atoms with Gasteiger partial charge in [-0.15, -0.1) is 0 Å². The van der Waals surface area contributed by atoms with Crippen molar-refractivity contribution < 1.29 is 14.0 Å². The molecule has 1 aliphatic rings. The molecule has 0 atom stereocenters. The normalized spacial score (nSPS) is 14.1. The number of carbonyl (C=O) groups is 2. The monoisotopic (exact) mass is 407 g/mol. The van der Waals surface area contributed by atoms with E-state index in [9.17, 15) is 14.0 Å². The Morgan fingerprint density at radius 2 is 1.70 bits per heavy atom. The minimum Gasteiger partial charge on any atom is -0.339 e. The van der Waals surface area contributed by atoms with Crippen LogP contribution in [-0.2, 0) is 11.2 Å². The second-order valence-electron chi connectivity index (χ2n) is 7.20. The maximum Gasteiger partial charge on any atom is 0.257 e. The molecule has 2 amide bonds. The van der Waals surface area contributed by atoms with Crippen LogP contribution in [0.5, 0.6) is 0 Å². The van der Waals surface area contributed by atoms with Gasteiger partial charge in [0.25, 0.3) is 5.91 Å². The molecular formula is C22H22FN5O2. The number of rotatable bonds is 4. The Labute approximate surface area is 173 Å². The van der Waals surface area contributed by atoms with E-state index in [0.717, 1.165) is 5.69 Å². The van der Waals surface area contributed by atoms with Crippen molar-refractivity contribution in [2.45, 2.75) is 13.3 Å². The molecule has 8 heteroatoms. The average Bonchev–Trinajstić information content (AvgIpc) is 3.16. The van der Waals surface area contributed by atoms with Crippen molar-refractivity contribution in [2.75, 3.05) is 26.2 Å². The number of halogens is 1. The number of hydrogen-bond acceptors (Lipinski definition) is 4. The van der Waals surface area contributed by atoms with Crippen molar-refractivity contribution in [3.05, 3.63) is 77.6 Å². The van der Waals surface area contributed by atoms with E-state index >= 15 is 0 Å². The van der Waals surface area contributed by atoms with E-state index < -0.39 is 0 Å². The van der Waals surface area contributed by atoms with Crippen LogP contribution in [0.4, 0.5) is 4.39 Å². The van der Waals surface area contributed by atoms with E-state index in [1.807, 2.05) is 25.1 Å². The Morgan fingerprint density at radius 3 is 2.37 bits per heavy atom. The first-order valence-electron chi connectivity index (χ1n) is 9.80. The van der Waals surface area contributed by atoms with Crippen LogP contribution in [0, 0.1) is 12.7 Å². The first kappa shape index (κ1) is 19.8. The molecular weight excluding hydrogens is 385 g/mol. The molecule has 1 aliphatic heterocycles. The highest BCUT2D eigenvalue weighted by atomic mass is 19.1. The van der Waals surface area contributed by atoms with Crippen LogP contribution in [0.15, 0.2) is 54.9 Å². The molecule has 1 fully saturated rings. The molecule has 3 aromatic rings. The fourth-order valence-corrected chi connectivity index (χ4v) is 3.56. The molecule has 0 saturated carbocycles. The summed E-state index contributed by atoms with van der Waals surface area (Å²) in [6.07, 6.45) is 3.48. The fourth-order valence-electron chi connectivity index (χ4n) is 3.56. The summed E-state index contributed by atoms with van der Waals surface area (Å²) in [5, 5.41) is 4.30. The molecule has 30 heavy (non-hydrogen) atoms. The van der Waals surface area contributed by atoms with Crippen LogP contribution >= 0.6 is 0 Å². The van der Waals surface area contributed by atoms with Crippen molar-refractivity contribution in [2.24, 2.45) is 0 Å². The highest BCUT2D eigenvalue weighted by Gasteiger charge is 2.27. The molecule has 2 aromatic heterocycles. The predicted molar refractivity (Wildman–Crippen MR) is 109 cm³/mol. The topological polar surface area (TPSA) is 71.3 Å². The quantitative estimate of drug-likeness (QED) is 0.665. The van der Waals surface area contributed by atoms with Gasteiger partial charge in [0.1, 0.15) is 5.82 Å². The standard InChI is InChI=1S/C22H22FN5O2/c1-16-20(15-25-28(16)19-7-5-17(23)6-8-19)22(30)27-12-10-26(11-13-27)21(29)14-18-4-2-3-9-24-18/h2-9,15H,10-14H2,1H3. The van der Waals surface area contributed by atoms with Gasteiger partial charge in [-0.3, -0.25) is 14.6 Å². The number of piperazine rings is 1. The summed E-state index contributed by atoms with van der Waals surface area (Å²) in [4.78, 5) is 33.2.